The van der Waals surface area contributed by atoms with Crippen molar-refractivity contribution in [3.8, 4) is 0 Å². The Bertz CT molecular complexity index is 844. The molecular weight excluding hydrogens is 366 g/mol. The molecule has 1 aromatic heterocycles. The Morgan fingerprint density at radius 3 is 2.78 bits per heavy atom. The molecule has 3 aliphatic heterocycles. The van der Waals surface area contributed by atoms with Crippen molar-refractivity contribution in [2.45, 2.75) is 43.4 Å². The van der Waals surface area contributed by atoms with Crippen LogP contribution in [-0.4, -0.2) is 59.3 Å². The summed E-state index contributed by atoms with van der Waals surface area (Å²) in [6.07, 6.45) is 2.67. The van der Waals surface area contributed by atoms with Gasteiger partial charge in [-0.3, -0.25) is 4.79 Å². The topological polar surface area (TPSA) is 77.6 Å². The fourth-order valence-corrected chi connectivity index (χ4v) is 4.88. The number of nitrogens with one attached hydrogen (secondary N) is 2. The van der Waals surface area contributed by atoms with Crippen LogP contribution >= 0.6 is 12.4 Å². The number of aromatic nitrogens is 1. The molecule has 2 fully saturated rings. The molecule has 0 bridgehead atoms. The third kappa shape index (κ3) is 3.05. The third-order valence-electron chi connectivity index (χ3n) is 6.29. The number of H-pyrrole nitrogens is 1. The van der Waals surface area contributed by atoms with Crippen LogP contribution in [0.1, 0.15) is 30.5 Å². The first-order valence-electron chi connectivity index (χ1n) is 9.60. The average molecular weight is 392 g/mol. The molecule has 1 aromatic carbocycles. The Hall–Kier alpha value is -1.60. The number of aromatic amines is 1. The molecule has 3 aliphatic rings. The summed E-state index contributed by atoms with van der Waals surface area (Å²) >= 11 is 0. The number of hydrogen-bond donors (Lipinski definition) is 3. The largest absolute Gasteiger partial charge is 0.392 e. The van der Waals surface area contributed by atoms with Gasteiger partial charge in [0.25, 0.3) is 0 Å². The van der Waals surface area contributed by atoms with Crippen molar-refractivity contribution in [2.24, 2.45) is 0 Å². The van der Waals surface area contributed by atoms with Gasteiger partial charge in [0.1, 0.15) is 5.60 Å². The molecule has 7 heteroatoms. The van der Waals surface area contributed by atoms with Crippen LogP contribution < -0.4 is 5.32 Å². The van der Waals surface area contributed by atoms with Crippen molar-refractivity contribution in [3.63, 3.8) is 0 Å². The van der Waals surface area contributed by atoms with Crippen molar-refractivity contribution in [1.82, 2.24) is 15.2 Å². The van der Waals surface area contributed by atoms with E-state index in [-0.39, 0.29) is 30.0 Å². The van der Waals surface area contributed by atoms with Gasteiger partial charge in [-0.15, -0.1) is 12.4 Å². The molecule has 2 atom stereocenters. The Kier molecular flexibility index (Phi) is 4.93. The fraction of sp³-hybridized carbons (Fsp3) is 0.550. The number of benzene rings is 1. The standard InChI is InChI=1S/C20H25N3O3.ClH/c24-13-11-17(21-12-13)19(25)23-8-6-20(7-9-23)18-15(5-10-26-20)14-3-1-2-4-16(14)22-18;/h1-4,13,17,21-22,24H,5-12H2;1H/t13-,17+;/m1./s1. The second-order valence-corrected chi connectivity index (χ2v) is 7.79. The number of carbonyl (C=O) groups is 1. The molecule has 3 N–H and O–H groups in total. The van der Waals surface area contributed by atoms with Crippen LogP contribution in [0.3, 0.4) is 0 Å². The van der Waals surface area contributed by atoms with Crippen LogP contribution in [0.4, 0.5) is 0 Å². The number of amides is 1. The van der Waals surface area contributed by atoms with Crippen LogP contribution in [0.25, 0.3) is 10.9 Å². The number of likely N-dealkylation sites (tertiary alicyclic amines) is 1. The molecule has 2 saturated heterocycles. The number of piperidine rings is 1. The SMILES string of the molecule is Cl.O=C([C@@H]1C[C@@H](O)CN1)N1CCC2(CC1)OCCc1c2[nH]c2ccccc12. The highest BCUT2D eigenvalue weighted by Crippen LogP contribution is 2.43. The highest BCUT2D eigenvalue weighted by Gasteiger charge is 2.44. The summed E-state index contributed by atoms with van der Waals surface area (Å²) in [5, 5.41) is 14.1. The average Bonchev–Trinajstić information content (AvgIpc) is 3.27. The Labute approximate surface area is 164 Å². The van der Waals surface area contributed by atoms with E-state index in [1.807, 2.05) is 4.90 Å². The molecule has 2 aromatic rings. The molecule has 5 rings (SSSR count). The molecule has 0 aliphatic carbocycles. The van der Waals surface area contributed by atoms with Gasteiger partial charge in [-0.05, 0) is 37.3 Å². The van der Waals surface area contributed by atoms with Gasteiger partial charge in [0.15, 0.2) is 0 Å². The summed E-state index contributed by atoms with van der Waals surface area (Å²) in [5.41, 5.74) is 3.47. The number of aliphatic hydroxyl groups excluding tert-OH is 1. The highest BCUT2D eigenvalue weighted by atomic mass is 35.5. The van der Waals surface area contributed by atoms with Crippen LogP contribution in [0.2, 0.25) is 0 Å². The van der Waals surface area contributed by atoms with Gasteiger partial charge >= 0.3 is 0 Å². The van der Waals surface area contributed by atoms with Gasteiger partial charge in [0, 0.05) is 30.5 Å². The number of halogens is 1. The summed E-state index contributed by atoms with van der Waals surface area (Å²) in [6, 6.07) is 8.21. The van der Waals surface area contributed by atoms with E-state index in [4.69, 9.17) is 4.74 Å². The lowest BCUT2D eigenvalue weighted by atomic mass is 9.83. The predicted octanol–water partition coefficient (Wildman–Crippen LogP) is 1.70. The number of carbonyl (C=O) groups excluding carboxylic acids is 1. The lowest BCUT2D eigenvalue weighted by Crippen LogP contribution is -2.52. The summed E-state index contributed by atoms with van der Waals surface area (Å²) in [6.45, 7) is 2.64. The zero-order valence-corrected chi connectivity index (χ0v) is 16.1. The summed E-state index contributed by atoms with van der Waals surface area (Å²) in [4.78, 5) is 18.2. The number of ether oxygens (including phenoxy) is 1. The minimum atomic E-state index is -0.407. The van der Waals surface area contributed by atoms with Crippen molar-refractivity contribution >= 4 is 29.2 Å². The number of fused-ring (bicyclic) bond motifs is 4. The lowest BCUT2D eigenvalue weighted by molar-refractivity contribution is -0.143. The zero-order chi connectivity index (χ0) is 17.7. The second kappa shape index (κ2) is 7.09. The van der Waals surface area contributed by atoms with Crippen LogP contribution in [0.15, 0.2) is 24.3 Å². The second-order valence-electron chi connectivity index (χ2n) is 7.79. The number of nitrogens with zero attached hydrogens (tertiary/aromatic N) is 1. The molecule has 0 saturated carbocycles. The monoisotopic (exact) mass is 391 g/mol. The first-order valence-corrected chi connectivity index (χ1v) is 9.60. The predicted molar refractivity (Wildman–Crippen MR) is 105 cm³/mol. The van der Waals surface area contributed by atoms with Gasteiger partial charge in [-0.1, -0.05) is 18.2 Å². The van der Waals surface area contributed by atoms with Crippen LogP contribution in [0.5, 0.6) is 0 Å². The Morgan fingerprint density at radius 2 is 2.04 bits per heavy atom. The van der Waals surface area contributed by atoms with Crippen molar-refractivity contribution in [1.29, 1.82) is 0 Å². The maximum absolute atomic E-state index is 12.7. The maximum Gasteiger partial charge on any atom is 0.239 e. The molecule has 6 nitrogen and oxygen atoms in total. The van der Waals surface area contributed by atoms with Crippen LogP contribution in [0, 0.1) is 0 Å². The normalized spacial score (nSPS) is 26.8. The number of para-hydroxylation sites is 1. The van der Waals surface area contributed by atoms with Crippen LogP contribution in [-0.2, 0) is 21.6 Å². The van der Waals surface area contributed by atoms with Gasteiger partial charge < -0.3 is 25.0 Å². The fourth-order valence-electron chi connectivity index (χ4n) is 4.88. The van der Waals surface area contributed by atoms with Gasteiger partial charge in [-0.2, -0.15) is 0 Å². The zero-order valence-electron chi connectivity index (χ0n) is 15.2. The van der Waals surface area contributed by atoms with Gasteiger partial charge in [0.2, 0.25) is 5.91 Å². The summed E-state index contributed by atoms with van der Waals surface area (Å²) < 4.78 is 6.31. The summed E-state index contributed by atoms with van der Waals surface area (Å²) in [5.74, 6) is 0.115. The van der Waals surface area contributed by atoms with E-state index in [2.05, 4.69) is 34.6 Å². The third-order valence-corrected chi connectivity index (χ3v) is 6.29. The molecule has 1 amide bonds. The maximum atomic E-state index is 12.7. The van der Waals surface area contributed by atoms with Crippen molar-refractivity contribution < 1.29 is 14.6 Å². The van der Waals surface area contributed by atoms with E-state index < -0.39 is 6.10 Å². The molecule has 0 unspecified atom stereocenters. The van der Waals surface area contributed by atoms with E-state index in [0.29, 0.717) is 26.1 Å². The molecule has 1 spiro atoms. The molecule has 4 heterocycles. The first-order chi connectivity index (χ1) is 12.7. The number of hydrogen-bond acceptors (Lipinski definition) is 4. The van der Waals surface area contributed by atoms with E-state index in [9.17, 15) is 9.90 Å². The molecule has 0 radical (unpaired) electrons. The smallest absolute Gasteiger partial charge is 0.239 e. The van der Waals surface area contributed by atoms with Crippen molar-refractivity contribution in [2.75, 3.05) is 26.2 Å². The van der Waals surface area contributed by atoms with E-state index in [0.717, 1.165) is 25.9 Å². The summed E-state index contributed by atoms with van der Waals surface area (Å²) in [7, 11) is 0. The van der Waals surface area contributed by atoms with Gasteiger partial charge in [-0.25, -0.2) is 0 Å². The Morgan fingerprint density at radius 1 is 1.26 bits per heavy atom. The number of aliphatic hydroxyl groups is 1. The minimum absolute atomic E-state index is 0. The molecular formula is C20H26ClN3O3. The lowest BCUT2D eigenvalue weighted by Gasteiger charge is -2.44. The molecule has 27 heavy (non-hydrogen) atoms. The van der Waals surface area contributed by atoms with E-state index in [1.54, 1.807) is 0 Å². The minimum Gasteiger partial charge on any atom is -0.392 e. The van der Waals surface area contributed by atoms with E-state index >= 15 is 0 Å². The number of rotatable bonds is 1. The highest BCUT2D eigenvalue weighted by molar-refractivity contribution is 5.86. The van der Waals surface area contributed by atoms with E-state index in [1.165, 1.54) is 22.2 Å². The first kappa shape index (κ1) is 18.7. The quantitative estimate of drug-likeness (QED) is 0.691. The molecule has 146 valence electrons. The number of β-amino-alcohol motifs (C(OH)–C–C–N with tert-alkyl or cyclic N) is 1. The Balaban J connectivity index is 0.00000180. The van der Waals surface area contributed by atoms with Crippen molar-refractivity contribution in [3.05, 3.63) is 35.5 Å². The van der Waals surface area contributed by atoms with Gasteiger partial charge in [0.05, 0.1) is 24.4 Å².